The summed E-state index contributed by atoms with van der Waals surface area (Å²) >= 11 is 3.31. The third-order valence-corrected chi connectivity index (χ3v) is 6.88. The van der Waals surface area contributed by atoms with Gasteiger partial charge in [0, 0.05) is 10.5 Å². The molecule has 2 aromatic carbocycles. The highest BCUT2D eigenvalue weighted by Gasteiger charge is 2.33. The summed E-state index contributed by atoms with van der Waals surface area (Å²) in [7, 11) is -3.50. The van der Waals surface area contributed by atoms with E-state index in [1.807, 2.05) is 37.3 Å². The average molecular weight is 368 g/mol. The molecule has 0 fully saturated rings. The van der Waals surface area contributed by atoms with Gasteiger partial charge in [0.05, 0.1) is 10.1 Å². The predicted octanol–water partition coefficient (Wildman–Crippen LogP) is 3.70. The quantitative estimate of drug-likeness (QED) is 0.876. The molecule has 0 heterocycles. The Balaban J connectivity index is 2.44. The van der Waals surface area contributed by atoms with Crippen LogP contribution in [0.4, 0.5) is 0 Å². The molecule has 2 rings (SSSR count). The van der Waals surface area contributed by atoms with Crippen molar-refractivity contribution < 1.29 is 8.42 Å². The lowest BCUT2D eigenvalue weighted by molar-refractivity contribution is 0.547. The summed E-state index contributed by atoms with van der Waals surface area (Å²) in [6.07, 6.45) is 0.458. The summed E-state index contributed by atoms with van der Waals surface area (Å²) in [6, 6.07) is 15.7. The summed E-state index contributed by atoms with van der Waals surface area (Å²) < 4.78 is 26.4. The van der Waals surface area contributed by atoms with Crippen molar-refractivity contribution in [3.05, 3.63) is 64.6 Å². The van der Waals surface area contributed by atoms with Crippen molar-refractivity contribution >= 4 is 25.8 Å². The lowest BCUT2D eigenvalue weighted by Gasteiger charge is -2.23. The molecule has 0 bridgehead atoms. The van der Waals surface area contributed by atoms with Crippen LogP contribution >= 0.6 is 15.9 Å². The van der Waals surface area contributed by atoms with E-state index in [2.05, 4.69) is 15.9 Å². The van der Waals surface area contributed by atoms with E-state index in [1.165, 1.54) is 0 Å². The summed E-state index contributed by atoms with van der Waals surface area (Å²) in [4.78, 5) is 0.295. The van der Waals surface area contributed by atoms with Crippen LogP contribution in [-0.2, 0) is 9.84 Å². The zero-order valence-electron chi connectivity index (χ0n) is 11.7. The summed E-state index contributed by atoms with van der Waals surface area (Å²) in [5.74, 6) is 0. The van der Waals surface area contributed by atoms with Crippen LogP contribution in [0.3, 0.4) is 0 Å². The first kappa shape index (κ1) is 16.2. The van der Waals surface area contributed by atoms with Gasteiger partial charge >= 0.3 is 0 Å². The molecule has 0 aliphatic heterocycles. The number of nitrogens with two attached hydrogens (primary N) is 1. The predicted molar refractivity (Wildman–Crippen MR) is 88.8 cm³/mol. The van der Waals surface area contributed by atoms with Gasteiger partial charge < -0.3 is 5.73 Å². The number of hydrogen-bond donors (Lipinski definition) is 1. The Bertz CT molecular complexity index is 701. The number of sulfone groups is 1. The van der Waals surface area contributed by atoms with Gasteiger partial charge in [0.25, 0.3) is 0 Å². The number of hydrogen-bond acceptors (Lipinski definition) is 3. The molecule has 0 aliphatic rings. The third kappa shape index (κ3) is 3.36. The van der Waals surface area contributed by atoms with Gasteiger partial charge in [-0.15, -0.1) is 0 Å². The first-order chi connectivity index (χ1) is 9.98. The van der Waals surface area contributed by atoms with Gasteiger partial charge in [-0.3, -0.25) is 0 Å². The fourth-order valence-corrected chi connectivity index (χ4v) is 5.27. The molecule has 21 heavy (non-hydrogen) atoms. The normalized spacial score (nSPS) is 14.6. The Kier molecular flexibility index (Phi) is 5.19. The van der Waals surface area contributed by atoms with Gasteiger partial charge in [0.1, 0.15) is 0 Å². The van der Waals surface area contributed by atoms with Crippen molar-refractivity contribution in [2.45, 2.75) is 29.5 Å². The monoisotopic (exact) mass is 367 g/mol. The van der Waals surface area contributed by atoms with E-state index in [1.54, 1.807) is 24.3 Å². The van der Waals surface area contributed by atoms with Gasteiger partial charge in [0.15, 0.2) is 9.84 Å². The van der Waals surface area contributed by atoms with E-state index in [9.17, 15) is 8.42 Å². The Hall–Kier alpha value is -1.17. The Morgan fingerprint density at radius 3 is 2.19 bits per heavy atom. The Morgan fingerprint density at radius 2 is 1.62 bits per heavy atom. The molecular weight excluding hydrogens is 350 g/mol. The summed E-state index contributed by atoms with van der Waals surface area (Å²) in [5.41, 5.74) is 7.06. The molecular formula is C16H18BrNO2S. The fourth-order valence-electron chi connectivity index (χ4n) is 2.39. The number of benzene rings is 2. The van der Waals surface area contributed by atoms with Crippen LogP contribution in [0.5, 0.6) is 0 Å². The molecule has 3 nitrogen and oxygen atoms in total. The van der Waals surface area contributed by atoms with Crippen LogP contribution in [0.15, 0.2) is 64.0 Å². The van der Waals surface area contributed by atoms with E-state index in [0.29, 0.717) is 15.8 Å². The third-order valence-electron chi connectivity index (χ3n) is 3.53. The van der Waals surface area contributed by atoms with Gasteiger partial charge in [-0.1, -0.05) is 49.4 Å². The minimum absolute atomic E-state index is 0.295. The van der Waals surface area contributed by atoms with Gasteiger partial charge in [0.2, 0.25) is 0 Å². The second kappa shape index (κ2) is 6.73. The highest BCUT2D eigenvalue weighted by Crippen LogP contribution is 2.31. The van der Waals surface area contributed by atoms with Crippen molar-refractivity contribution in [1.82, 2.24) is 0 Å². The van der Waals surface area contributed by atoms with Crippen molar-refractivity contribution in [3.8, 4) is 0 Å². The molecule has 0 spiro atoms. The van der Waals surface area contributed by atoms with Crippen LogP contribution in [0.1, 0.15) is 24.9 Å². The highest BCUT2D eigenvalue weighted by molar-refractivity contribution is 9.10. The maximum atomic E-state index is 12.9. The largest absolute Gasteiger partial charge is 0.323 e. The molecule has 0 radical (unpaired) electrons. The topological polar surface area (TPSA) is 60.2 Å². The first-order valence-electron chi connectivity index (χ1n) is 6.77. The van der Waals surface area contributed by atoms with Crippen molar-refractivity contribution in [3.63, 3.8) is 0 Å². The maximum absolute atomic E-state index is 12.9. The molecule has 0 aliphatic carbocycles. The molecule has 2 unspecified atom stereocenters. The van der Waals surface area contributed by atoms with E-state index in [4.69, 9.17) is 5.73 Å². The lowest BCUT2D eigenvalue weighted by Crippen LogP contribution is -2.33. The fraction of sp³-hybridized carbons (Fsp3) is 0.250. The standard InChI is InChI=1S/C16H18BrNO2S/c1-2-14(16(18)12-8-4-3-5-9-12)21(19,20)15-11-7-6-10-13(15)17/h3-11,14,16H,2,18H2,1H3. The van der Waals surface area contributed by atoms with Crippen LogP contribution in [0.2, 0.25) is 0 Å². The van der Waals surface area contributed by atoms with E-state index in [0.717, 1.165) is 5.56 Å². The molecule has 5 heteroatoms. The maximum Gasteiger partial charge on any atom is 0.184 e. The highest BCUT2D eigenvalue weighted by atomic mass is 79.9. The Morgan fingerprint density at radius 1 is 1.05 bits per heavy atom. The van der Waals surface area contributed by atoms with Crippen LogP contribution in [0.25, 0.3) is 0 Å². The minimum atomic E-state index is -3.50. The van der Waals surface area contributed by atoms with Crippen molar-refractivity contribution in [2.75, 3.05) is 0 Å². The van der Waals surface area contributed by atoms with Gasteiger partial charge in [-0.25, -0.2) is 8.42 Å². The van der Waals surface area contributed by atoms with E-state index >= 15 is 0 Å². The van der Waals surface area contributed by atoms with Gasteiger partial charge in [-0.05, 0) is 40.0 Å². The van der Waals surface area contributed by atoms with Crippen LogP contribution in [0, 0.1) is 0 Å². The molecule has 2 aromatic rings. The number of rotatable bonds is 5. The zero-order valence-corrected chi connectivity index (χ0v) is 14.1. The zero-order chi connectivity index (χ0) is 15.5. The van der Waals surface area contributed by atoms with Gasteiger partial charge in [-0.2, -0.15) is 0 Å². The number of halogens is 1. The van der Waals surface area contributed by atoms with Crippen LogP contribution < -0.4 is 5.73 Å². The van der Waals surface area contributed by atoms with E-state index < -0.39 is 21.1 Å². The molecule has 0 aromatic heterocycles. The smallest absolute Gasteiger partial charge is 0.184 e. The summed E-state index contributed by atoms with van der Waals surface area (Å²) in [6.45, 7) is 1.85. The summed E-state index contributed by atoms with van der Waals surface area (Å²) in [5, 5.41) is -0.654. The molecule has 112 valence electrons. The molecule has 0 amide bonds. The first-order valence-corrected chi connectivity index (χ1v) is 9.11. The second-order valence-electron chi connectivity index (χ2n) is 4.86. The van der Waals surface area contributed by atoms with Crippen LogP contribution in [-0.4, -0.2) is 13.7 Å². The molecule has 2 N–H and O–H groups in total. The average Bonchev–Trinajstić information content (AvgIpc) is 2.48. The molecule has 0 saturated carbocycles. The lowest BCUT2D eigenvalue weighted by atomic mass is 10.0. The van der Waals surface area contributed by atoms with Crippen molar-refractivity contribution in [2.24, 2.45) is 5.73 Å². The minimum Gasteiger partial charge on any atom is -0.323 e. The SMILES string of the molecule is CCC(C(N)c1ccccc1)S(=O)(=O)c1ccccc1Br. The van der Waals surface area contributed by atoms with E-state index in [-0.39, 0.29) is 0 Å². The Labute approximate surface area is 134 Å². The molecule has 2 atom stereocenters. The van der Waals surface area contributed by atoms with Crippen molar-refractivity contribution in [1.29, 1.82) is 0 Å². The molecule has 0 saturated heterocycles. The second-order valence-corrected chi connectivity index (χ2v) is 7.85.